The maximum atomic E-state index is 11.8. The van der Waals surface area contributed by atoms with Crippen LogP contribution in [-0.4, -0.2) is 68.4 Å². The van der Waals surface area contributed by atoms with Crippen LogP contribution in [0.2, 0.25) is 6.32 Å². The predicted molar refractivity (Wildman–Crippen MR) is 99.2 cm³/mol. The number of fused-ring (bicyclic) bond motifs is 1. The average molecular weight is 399 g/mol. The van der Waals surface area contributed by atoms with Gasteiger partial charge in [0.1, 0.15) is 23.2 Å². The Morgan fingerprint density at radius 3 is 2.76 bits per heavy atom. The van der Waals surface area contributed by atoms with E-state index in [1.54, 1.807) is 12.1 Å². The van der Waals surface area contributed by atoms with Crippen molar-refractivity contribution in [2.24, 2.45) is 0 Å². The smallest absolute Gasteiger partial charge is 0.522 e. The molecule has 3 heterocycles. The van der Waals surface area contributed by atoms with Crippen molar-refractivity contribution < 1.29 is 34.2 Å². The van der Waals surface area contributed by atoms with Crippen LogP contribution in [0.15, 0.2) is 24.5 Å². The van der Waals surface area contributed by atoms with Crippen LogP contribution in [0, 0.1) is 0 Å². The van der Waals surface area contributed by atoms with Gasteiger partial charge in [-0.25, -0.2) is 14.6 Å². The van der Waals surface area contributed by atoms with E-state index < -0.39 is 19.1 Å². The van der Waals surface area contributed by atoms with Gasteiger partial charge in [-0.3, -0.25) is 9.88 Å². The first-order valence-electron chi connectivity index (χ1n) is 9.08. The summed E-state index contributed by atoms with van der Waals surface area (Å²) in [6.07, 6.45) is 3.42. The van der Waals surface area contributed by atoms with Gasteiger partial charge in [-0.2, -0.15) is 0 Å². The van der Waals surface area contributed by atoms with Gasteiger partial charge >= 0.3 is 19.1 Å². The van der Waals surface area contributed by atoms with Crippen LogP contribution in [0.5, 0.6) is 11.5 Å². The number of rotatable bonds is 6. The zero-order valence-corrected chi connectivity index (χ0v) is 15.3. The Bertz CT molecular complexity index is 964. The summed E-state index contributed by atoms with van der Waals surface area (Å²) in [5.41, 5.74) is 1.07. The lowest BCUT2D eigenvalue weighted by Crippen LogP contribution is -2.53. The third-order valence-electron chi connectivity index (χ3n) is 4.84. The molecule has 0 bridgehead atoms. The monoisotopic (exact) mass is 399 g/mol. The number of hydrogen-bond acceptors (Lipinski definition) is 8. The largest absolute Gasteiger partial charge is 0.535 e. The van der Waals surface area contributed by atoms with Crippen LogP contribution < -0.4 is 9.39 Å². The molecule has 150 valence electrons. The van der Waals surface area contributed by atoms with E-state index >= 15 is 0 Å². The standard InChI is InChI=1S/C18H18BN3O7/c23-17(24)13-6-20-5-11(21-13)7-22-8-12(9-22)28-14-2-1-10-3-4-19(27)29-16(10)15(14)18(25)26/h1-2,5-6,12,27H,3-4,7-9H2,(H,23,24)(H,25,26). The Kier molecular flexibility index (Phi) is 5.08. The number of ether oxygens (including phenoxy) is 1. The second-order valence-electron chi connectivity index (χ2n) is 6.98. The molecular formula is C18H18BN3O7. The van der Waals surface area contributed by atoms with Gasteiger partial charge in [-0.15, -0.1) is 0 Å². The second-order valence-corrected chi connectivity index (χ2v) is 6.98. The molecule has 0 amide bonds. The number of hydrogen-bond donors (Lipinski definition) is 3. The molecule has 0 atom stereocenters. The molecule has 0 unspecified atom stereocenters. The minimum Gasteiger partial charge on any atom is -0.535 e. The summed E-state index contributed by atoms with van der Waals surface area (Å²) in [6.45, 7) is 1.47. The number of aryl methyl sites for hydroxylation is 1. The van der Waals surface area contributed by atoms with Crippen molar-refractivity contribution in [1.29, 1.82) is 0 Å². The van der Waals surface area contributed by atoms with Crippen molar-refractivity contribution in [3.8, 4) is 11.5 Å². The Morgan fingerprint density at radius 2 is 2.03 bits per heavy atom. The van der Waals surface area contributed by atoms with Crippen molar-refractivity contribution in [3.05, 3.63) is 47.0 Å². The molecule has 1 fully saturated rings. The van der Waals surface area contributed by atoms with E-state index in [4.69, 9.17) is 14.5 Å². The first-order valence-corrected chi connectivity index (χ1v) is 9.08. The average Bonchev–Trinajstić information content (AvgIpc) is 2.65. The van der Waals surface area contributed by atoms with E-state index in [0.717, 1.165) is 5.56 Å². The van der Waals surface area contributed by atoms with Crippen LogP contribution in [0.25, 0.3) is 0 Å². The molecule has 1 aromatic carbocycles. The highest BCUT2D eigenvalue weighted by atomic mass is 16.5. The summed E-state index contributed by atoms with van der Waals surface area (Å²) in [5.74, 6) is -1.96. The molecule has 2 aliphatic heterocycles. The Morgan fingerprint density at radius 1 is 1.24 bits per heavy atom. The SMILES string of the molecule is O=C(O)c1cncc(CN2CC(Oc3ccc4c(c3C(=O)O)OB(O)CC4)C2)n1. The van der Waals surface area contributed by atoms with Crippen molar-refractivity contribution in [3.63, 3.8) is 0 Å². The molecule has 1 aromatic heterocycles. The summed E-state index contributed by atoms with van der Waals surface area (Å²) in [5, 5.41) is 28.3. The predicted octanol–water partition coefficient (Wildman–Crippen LogP) is 0.552. The van der Waals surface area contributed by atoms with Crippen molar-refractivity contribution in [2.45, 2.75) is 25.4 Å². The molecular weight excluding hydrogens is 381 g/mol. The lowest BCUT2D eigenvalue weighted by molar-refractivity contribution is 0.0126. The number of aromatic carboxylic acids is 2. The Hall–Kier alpha value is -3.18. The highest BCUT2D eigenvalue weighted by Crippen LogP contribution is 2.37. The van der Waals surface area contributed by atoms with Gasteiger partial charge in [0.2, 0.25) is 0 Å². The molecule has 0 aliphatic carbocycles. The minimum atomic E-state index is -1.18. The molecule has 2 aliphatic rings. The summed E-state index contributed by atoms with van der Waals surface area (Å²) >= 11 is 0. The molecule has 29 heavy (non-hydrogen) atoms. The van der Waals surface area contributed by atoms with Crippen LogP contribution >= 0.6 is 0 Å². The molecule has 0 radical (unpaired) electrons. The van der Waals surface area contributed by atoms with Gasteiger partial charge in [0.05, 0.1) is 11.9 Å². The number of carboxylic acids is 2. The summed E-state index contributed by atoms with van der Waals surface area (Å²) in [7, 11) is -1.03. The molecule has 0 spiro atoms. The normalized spacial score (nSPS) is 16.5. The second kappa shape index (κ2) is 7.68. The zero-order valence-electron chi connectivity index (χ0n) is 15.3. The molecule has 10 nitrogen and oxygen atoms in total. The molecule has 4 rings (SSSR count). The van der Waals surface area contributed by atoms with Crippen molar-refractivity contribution >= 4 is 19.1 Å². The van der Waals surface area contributed by atoms with E-state index in [1.165, 1.54) is 12.4 Å². The van der Waals surface area contributed by atoms with Crippen molar-refractivity contribution in [2.75, 3.05) is 13.1 Å². The number of benzene rings is 1. The highest BCUT2D eigenvalue weighted by Gasteiger charge is 2.33. The number of aromatic nitrogens is 2. The highest BCUT2D eigenvalue weighted by molar-refractivity contribution is 6.44. The molecule has 3 N–H and O–H groups in total. The maximum absolute atomic E-state index is 11.8. The fourth-order valence-corrected chi connectivity index (χ4v) is 3.43. The summed E-state index contributed by atoms with van der Waals surface area (Å²) in [4.78, 5) is 32.6. The van der Waals surface area contributed by atoms with Crippen molar-refractivity contribution in [1.82, 2.24) is 14.9 Å². The van der Waals surface area contributed by atoms with Gasteiger partial charge in [0, 0.05) is 25.8 Å². The van der Waals surface area contributed by atoms with Gasteiger partial charge in [0.15, 0.2) is 5.69 Å². The lowest BCUT2D eigenvalue weighted by atomic mass is 9.78. The molecule has 2 aromatic rings. The van der Waals surface area contributed by atoms with E-state index in [9.17, 15) is 19.7 Å². The first kappa shape index (κ1) is 19.2. The summed E-state index contributed by atoms with van der Waals surface area (Å²) < 4.78 is 11.2. The van der Waals surface area contributed by atoms with Crippen LogP contribution in [-0.2, 0) is 13.0 Å². The number of carboxylic acid groups (broad SMARTS) is 2. The first-order chi connectivity index (χ1) is 13.9. The minimum absolute atomic E-state index is 0.0836. The quantitative estimate of drug-likeness (QED) is 0.590. The Balaban J connectivity index is 1.42. The molecule has 0 saturated carbocycles. The Labute approximate surface area is 165 Å². The van der Waals surface area contributed by atoms with Gasteiger partial charge < -0.3 is 24.6 Å². The van der Waals surface area contributed by atoms with Gasteiger partial charge in [-0.1, -0.05) is 6.07 Å². The topological polar surface area (TPSA) is 142 Å². The maximum Gasteiger partial charge on any atom is 0.522 e. The zero-order chi connectivity index (χ0) is 20.5. The molecule has 11 heteroatoms. The van der Waals surface area contributed by atoms with E-state index in [2.05, 4.69) is 9.97 Å². The third-order valence-corrected chi connectivity index (χ3v) is 4.84. The fourth-order valence-electron chi connectivity index (χ4n) is 3.43. The number of likely N-dealkylation sites (tertiary alicyclic amines) is 1. The van der Waals surface area contributed by atoms with E-state index in [-0.39, 0.29) is 28.9 Å². The van der Waals surface area contributed by atoms with E-state index in [0.29, 0.717) is 38.1 Å². The number of carbonyl (C=O) groups is 2. The van der Waals surface area contributed by atoms with Gasteiger partial charge in [-0.05, 0) is 24.4 Å². The van der Waals surface area contributed by atoms with Crippen LogP contribution in [0.1, 0.15) is 32.1 Å². The summed E-state index contributed by atoms with van der Waals surface area (Å²) in [6, 6.07) is 3.38. The third kappa shape index (κ3) is 4.01. The lowest BCUT2D eigenvalue weighted by Gasteiger charge is -2.39. The fraction of sp³-hybridized carbons (Fsp3) is 0.333. The van der Waals surface area contributed by atoms with E-state index in [1.807, 2.05) is 4.90 Å². The van der Waals surface area contributed by atoms with Crippen LogP contribution in [0.4, 0.5) is 0 Å². The van der Waals surface area contributed by atoms with Crippen LogP contribution in [0.3, 0.4) is 0 Å². The number of nitrogens with zero attached hydrogens (tertiary/aromatic N) is 3. The van der Waals surface area contributed by atoms with Gasteiger partial charge in [0.25, 0.3) is 0 Å². The molecule has 1 saturated heterocycles.